The third-order valence-electron chi connectivity index (χ3n) is 3.30. The van der Waals surface area contributed by atoms with Gasteiger partial charge in [-0.1, -0.05) is 0 Å². The predicted molar refractivity (Wildman–Crippen MR) is 94.1 cm³/mol. The van der Waals surface area contributed by atoms with Crippen LogP contribution in [-0.4, -0.2) is 12.1 Å². The number of carbonyl (C=O) groups is 1. The highest BCUT2D eigenvalue weighted by atomic mass is 16.5. The van der Waals surface area contributed by atoms with Crippen LogP contribution in [0.5, 0.6) is 11.5 Å². The van der Waals surface area contributed by atoms with Crippen LogP contribution >= 0.6 is 0 Å². The molecule has 0 saturated heterocycles. The van der Waals surface area contributed by atoms with Crippen molar-refractivity contribution in [1.82, 2.24) is 5.32 Å². The highest BCUT2D eigenvalue weighted by Crippen LogP contribution is 2.30. The zero-order valence-electron chi connectivity index (χ0n) is 13.9. The number of hydrogen-bond donors (Lipinski definition) is 3. The van der Waals surface area contributed by atoms with Crippen LogP contribution in [0.4, 0.5) is 16.2 Å². The summed E-state index contributed by atoms with van der Waals surface area (Å²) in [6.07, 6.45) is 0. The van der Waals surface area contributed by atoms with Gasteiger partial charge in [-0.25, -0.2) is 4.79 Å². The molecule has 0 radical (unpaired) electrons. The van der Waals surface area contributed by atoms with Crippen LogP contribution in [0.3, 0.4) is 0 Å². The molecular formula is C18H23N3O2. The second-order valence-electron chi connectivity index (χ2n) is 5.86. The fraction of sp³-hybridized carbons (Fsp3) is 0.278. The second kappa shape index (κ2) is 7.05. The van der Waals surface area contributed by atoms with Crippen molar-refractivity contribution in [3.63, 3.8) is 0 Å². The lowest BCUT2D eigenvalue weighted by Crippen LogP contribution is -2.34. The summed E-state index contributed by atoms with van der Waals surface area (Å²) in [5.41, 5.74) is 9.00. The third kappa shape index (κ3) is 4.64. The molecule has 0 aromatic heterocycles. The molecule has 0 fully saturated rings. The molecule has 0 heterocycles. The Morgan fingerprint density at radius 2 is 1.74 bits per heavy atom. The molecule has 0 aliphatic rings. The number of nitrogens with two attached hydrogens (primary N) is 1. The molecular weight excluding hydrogens is 290 g/mol. The van der Waals surface area contributed by atoms with Gasteiger partial charge in [-0.05, 0) is 75.2 Å². The standard InChI is InChI=1S/C18H23N3O2/c1-11(2)20-18(22)21-16-9-13(4)17(10-12(16)3)23-15-7-5-14(19)6-8-15/h5-11H,19H2,1-4H3,(H2,20,21,22). The number of anilines is 2. The van der Waals surface area contributed by atoms with Gasteiger partial charge in [-0.2, -0.15) is 0 Å². The van der Waals surface area contributed by atoms with Crippen molar-refractivity contribution >= 4 is 17.4 Å². The van der Waals surface area contributed by atoms with E-state index in [1.54, 1.807) is 12.1 Å². The molecule has 2 rings (SSSR count). The topological polar surface area (TPSA) is 76.4 Å². The highest BCUT2D eigenvalue weighted by Gasteiger charge is 2.10. The first kappa shape index (κ1) is 16.7. The molecule has 23 heavy (non-hydrogen) atoms. The minimum absolute atomic E-state index is 0.0875. The van der Waals surface area contributed by atoms with Crippen LogP contribution in [0.25, 0.3) is 0 Å². The minimum atomic E-state index is -0.213. The Kier molecular flexibility index (Phi) is 5.11. The fourth-order valence-corrected chi connectivity index (χ4v) is 2.12. The fourth-order valence-electron chi connectivity index (χ4n) is 2.12. The minimum Gasteiger partial charge on any atom is -0.457 e. The molecule has 0 saturated carbocycles. The number of hydrogen-bond acceptors (Lipinski definition) is 3. The molecule has 0 aliphatic carbocycles. The first-order chi connectivity index (χ1) is 10.8. The quantitative estimate of drug-likeness (QED) is 0.740. The van der Waals surface area contributed by atoms with E-state index in [4.69, 9.17) is 10.5 Å². The third-order valence-corrected chi connectivity index (χ3v) is 3.30. The first-order valence-corrected chi connectivity index (χ1v) is 7.57. The second-order valence-corrected chi connectivity index (χ2v) is 5.86. The Balaban J connectivity index is 2.16. The van der Waals surface area contributed by atoms with Crippen molar-refractivity contribution < 1.29 is 9.53 Å². The van der Waals surface area contributed by atoms with Crippen molar-refractivity contribution in [3.05, 3.63) is 47.5 Å². The van der Waals surface area contributed by atoms with Gasteiger partial charge in [-0.15, -0.1) is 0 Å². The molecule has 0 spiro atoms. The summed E-state index contributed by atoms with van der Waals surface area (Å²) in [4.78, 5) is 11.8. The van der Waals surface area contributed by atoms with Gasteiger partial charge >= 0.3 is 6.03 Å². The molecule has 122 valence electrons. The predicted octanol–water partition coefficient (Wildman–Crippen LogP) is 4.21. The van der Waals surface area contributed by atoms with E-state index >= 15 is 0 Å². The van der Waals surface area contributed by atoms with Gasteiger partial charge in [0.05, 0.1) is 0 Å². The summed E-state index contributed by atoms with van der Waals surface area (Å²) < 4.78 is 5.89. The van der Waals surface area contributed by atoms with Crippen LogP contribution in [0.2, 0.25) is 0 Å². The molecule has 2 amide bonds. The number of amides is 2. The summed E-state index contributed by atoms with van der Waals surface area (Å²) in [5, 5.41) is 5.66. The molecule has 0 bridgehead atoms. The largest absolute Gasteiger partial charge is 0.457 e. The zero-order chi connectivity index (χ0) is 17.0. The normalized spacial score (nSPS) is 10.5. The van der Waals surface area contributed by atoms with Crippen molar-refractivity contribution in [2.75, 3.05) is 11.1 Å². The lowest BCUT2D eigenvalue weighted by molar-refractivity contribution is 0.250. The van der Waals surface area contributed by atoms with Crippen LogP contribution in [0, 0.1) is 13.8 Å². The number of carbonyl (C=O) groups excluding carboxylic acids is 1. The van der Waals surface area contributed by atoms with Gasteiger partial charge < -0.3 is 21.1 Å². The molecule has 2 aromatic carbocycles. The maximum absolute atomic E-state index is 11.8. The number of aryl methyl sites for hydroxylation is 2. The zero-order valence-corrected chi connectivity index (χ0v) is 13.9. The van der Waals surface area contributed by atoms with E-state index < -0.39 is 0 Å². The number of nitrogen functional groups attached to an aromatic ring is 1. The Bertz CT molecular complexity index is 694. The summed E-state index contributed by atoms with van der Waals surface area (Å²) in [6, 6.07) is 10.9. The van der Waals surface area contributed by atoms with Crippen LogP contribution in [0.15, 0.2) is 36.4 Å². The van der Waals surface area contributed by atoms with E-state index in [0.717, 1.165) is 28.3 Å². The summed E-state index contributed by atoms with van der Waals surface area (Å²) in [6.45, 7) is 7.71. The van der Waals surface area contributed by atoms with Crippen LogP contribution in [0.1, 0.15) is 25.0 Å². The van der Waals surface area contributed by atoms with E-state index in [-0.39, 0.29) is 12.1 Å². The Morgan fingerprint density at radius 3 is 2.35 bits per heavy atom. The molecule has 0 unspecified atom stereocenters. The van der Waals surface area contributed by atoms with Crippen LogP contribution in [-0.2, 0) is 0 Å². The Morgan fingerprint density at radius 1 is 1.09 bits per heavy atom. The van der Waals surface area contributed by atoms with Gasteiger partial charge in [-0.3, -0.25) is 0 Å². The van der Waals surface area contributed by atoms with E-state index in [1.165, 1.54) is 0 Å². The van der Waals surface area contributed by atoms with Gasteiger partial charge in [0.15, 0.2) is 0 Å². The molecule has 0 atom stereocenters. The monoisotopic (exact) mass is 313 g/mol. The number of ether oxygens (including phenoxy) is 1. The summed E-state index contributed by atoms with van der Waals surface area (Å²) in [5.74, 6) is 1.47. The smallest absolute Gasteiger partial charge is 0.319 e. The van der Waals surface area contributed by atoms with Crippen molar-refractivity contribution in [2.45, 2.75) is 33.7 Å². The summed E-state index contributed by atoms with van der Waals surface area (Å²) in [7, 11) is 0. The first-order valence-electron chi connectivity index (χ1n) is 7.57. The molecule has 5 nitrogen and oxygen atoms in total. The van der Waals surface area contributed by atoms with Crippen molar-refractivity contribution in [2.24, 2.45) is 0 Å². The molecule has 4 N–H and O–H groups in total. The molecule has 0 aliphatic heterocycles. The Hall–Kier alpha value is -2.69. The number of urea groups is 1. The van der Waals surface area contributed by atoms with E-state index in [2.05, 4.69) is 10.6 Å². The molecule has 2 aromatic rings. The average molecular weight is 313 g/mol. The van der Waals surface area contributed by atoms with Gasteiger partial charge in [0.1, 0.15) is 11.5 Å². The maximum atomic E-state index is 11.8. The summed E-state index contributed by atoms with van der Waals surface area (Å²) >= 11 is 0. The number of benzene rings is 2. The van der Waals surface area contributed by atoms with E-state index in [1.807, 2.05) is 52.0 Å². The van der Waals surface area contributed by atoms with E-state index in [9.17, 15) is 4.79 Å². The van der Waals surface area contributed by atoms with Crippen molar-refractivity contribution in [1.29, 1.82) is 0 Å². The molecule has 5 heteroatoms. The SMILES string of the molecule is Cc1cc(Oc2ccc(N)cc2)c(C)cc1NC(=O)NC(C)C. The van der Waals surface area contributed by atoms with Gasteiger partial charge in [0.25, 0.3) is 0 Å². The highest BCUT2D eigenvalue weighted by molar-refractivity contribution is 5.90. The maximum Gasteiger partial charge on any atom is 0.319 e. The van der Waals surface area contributed by atoms with Gasteiger partial charge in [0, 0.05) is 17.4 Å². The lowest BCUT2D eigenvalue weighted by atomic mass is 10.1. The van der Waals surface area contributed by atoms with Crippen molar-refractivity contribution in [3.8, 4) is 11.5 Å². The lowest BCUT2D eigenvalue weighted by Gasteiger charge is -2.15. The van der Waals surface area contributed by atoms with Gasteiger partial charge in [0.2, 0.25) is 0 Å². The van der Waals surface area contributed by atoms with Crippen LogP contribution < -0.4 is 21.1 Å². The number of rotatable bonds is 4. The average Bonchev–Trinajstić information content (AvgIpc) is 2.45. The number of nitrogens with one attached hydrogen (secondary N) is 2. The Labute approximate surface area is 136 Å². The van der Waals surface area contributed by atoms with E-state index in [0.29, 0.717) is 5.69 Å².